The third-order valence-corrected chi connectivity index (χ3v) is 3.64. The summed E-state index contributed by atoms with van der Waals surface area (Å²) in [4.78, 5) is 11.7. The van der Waals surface area contributed by atoms with Crippen molar-refractivity contribution < 1.29 is 4.42 Å². The van der Waals surface area contributed by atoms with Gasteiger partial charge in [-0.2, -0.15) is 0 Å². The van der Waals surface area contributed by atoms with Gasteiger partial charge in [-0.3, -0.25) is 0 Å². The van der Waals surface area contributed by atoms with Crippen LogP contribution >= 0.6 is 15.9 Å². The first kappa shape index (κ1) is 12.2. The van der Waals surface area contributed by atoms with E-state index in [4.69, 9.17) is 4.42 Å². The van der Waals surface area contributed by atoms with Crippen LogP contribution in [0.5, 0.6) is 0 Å². The summed E-state index contributed by atoms with van der Waals surface area (Å²) >= 11 is 3.39. The molecule has 3 aromatic rings. The predicted octanol–water partition coefficient (Wildman–Crippen LogP) is 4.53. The van der Waals surface area contributed by atoms with E-state index in [9.17, 15) is 4.79 Å². The van der Waals surface area contributed by atoms with Gasteiger partial charge in [0.2, 0.25) is 0 Å². The van der Waals surface area contributed by atoms with Gasteiger partial charge in [0.1, 0.15) is 5.58 Å². The highest BCUT2D eigenvalue weighted by atomic mass is 79.9. The lowest BCUT2D eigenvalue weighted by atomic mass is 9.98. The number of benzene rings is 2. The van der Waals surface area contributed by atoms with E-state index in [0.717, 1.165) is 26.5 Å². The minimum Gasteiger partial charge on any atom is -0.423 e. The van der Waals surface area contributed by atoms with E-state index < -0.39 is 0 Å². The first-order chi connectivity index (χ1) is 9.15. The van der Waals surface area contributed by atoms with Crippen molar-refractivity contribution in [2.45, 2.75) is 6.92 Å². The Morgan fingerprint density at radius 3 is 2.58 bits per heavy atom. The molecule has 1 aromatic heterocycles. The fourth-order valence-corrected chi connectivity index (χ4v) is 2.57. The van der Waals surface area contributed by atoms with Crippen LogP contribution in [0.3, 0.4) is 0 Å². The first-order valence-corrected chi connectivity index (χ1v) is 6.74. The Labute approximate surface area is 118 Å². The minimum absolute atomic E-state index is 0.330. The highest BCUT2D eigenvalue weighted by Gasteiger charge is 2.09. The molecular formula is C16H11BrO2. The van der Waals surface area contributed by atoms with E-state index in [-0.39, 0.29) is 5.63 Å². The molecule has 0 unspecified atom stereocenters. The topological polar surface area (TPSA) is 30.2 Å². The van der Waals surface area contributed by atoms with Crippen molar-refractivity contribution in [3.05, 3.63) is 69.0 Å². The maximum atomic E-state index is 11.7. The number of aryl methyl sites for hydroxylation is 1. The van der Waals surface area contributed by atoms with Gasteiger partial charge in [0, 0.05) is 21.5 Å². The zero-order valence-corrected chi connectivity index (χ0v) is 11.9. The summed E-state index contributed by atoms with van der Waals surface area (Å²) < 4.78 is 6.15. The summed E-state index contributed by atoms with van der Waals surface area (Å²) in [5, 5.41) is 0.942. The molecule has 2 nitrogen and oxygen atoms in total. The maximum absolute atomic E-state index is 11.7. The van der Waals surface area contributed by atoms with Crippen molar-refractivity contribution in [2.75, 3.05) is 0 Å². The monoisotopic (exact) mass is 314 g/mol. The van der Waals surface area contributed by atoms with Gasteiger partial charge in [-0.25, -0.2) is 4.79 Å². The summed E-state index contributed by atoms with van der Waals surface area (Å²) in [5.41, 5.74) is 3.38. The third-order valence-electron chi connectivity index (χ3n) is 3.14. The molecule has 0 radical (unpaired) electrons. The molecule has 19 heavy (non-hydrogen) atoms. The number of rotatable bonds is 1. The Bertz CT molecular complexity index is 818. The fraction of sp³-hybridized carbons (Fsp3) is 0.0625. The second-order valence-electron chi connectivity index (χ2n) is 4.43. The first-order valence-electron chi connectivity index (χ1n) is 5.94. The van der Waals surface area contributed by atoms with Crippen LogP contribution in [0.25, 0.3) is 22.1 Å². The van der Waals surface area contributed by atoms with Gasteiger partial charge in [-0.1, -0.05) is 40.2 Å². The number of hydrogen-bond donors (Lipinski definition) is 0. The molecule has 0 spiro atoms. The second kappa shape index (κ2) is 4.67. The molecule has 0 saturated heterocycles. The van der Waals surface area contributed by atoms with E-state index in [1.807, 2.05) is 49.4 Å². The molecule has 0 saturated carbocycles. The molecule has 3 heteroatoms. The summed E-state index contributed by atoms with van der Waals surface area (Å²) in [6.45, 7) is 2.04. The van der Waals surface area contributed by atoms with Crippen LogP contribution in [0.1, 0.15) is 5.56 Å². The quantitative estimate of drug-likeness (QED) is 0.618. The second-order valence-corrected chi connectivity index (χ2v) is 5.35. The van der Waals surface area contributed by atoms with Gasteiger partial charge < -0.3 is 4.42 Å². The molecule has 0 aliphatic carbocycles. The van der Waals surface area contributed by atoms with Crippen LogP contribution < -0.4 is 5.63 Å². The lowest BCUT2D eigenvalue weighted by molar-refractivity contribution is 0.561. The highest BCUT2D eigenvalue weighted by molar-refractivity contribution is 9.10. The SMILES string of the molecule is Cc1ccccc1-c1cc(=O)oc2cc(Br)ccc12. The molecule has 0 fully saturated rings. The zero-order chi connectivity index (χ0) is 13.4. The third kappa shape index (κ3) is 2.22. The average Bonchev–Trinajstić information content (AvgIpc) is 2.38. The zero-order valence-electron chi connectivity index (χ0n) is 10.3. The molecule has 94 valence electrons. The van der Waals surface area contributed by atoms with Crippen molar-refractivity contribution >= 4 is 26.9 Å². The maximum Gasteiger partial charge on any atom is 0.336 e. The van der Waals surface area contributed by atoms with Crippen molar-refractivity contribution in [1.82, 2.24) is 0 Å². The molecule has 3 rings (SSSR count). The Kier molecular flexibility index (Phi) is 2.99. The summed E-state index contributed by atoms with van der Waals surface area (Å²) in [6, 6.07) is 15.3. The lowest BCUT2D eigenvalue weighted by Crippen LogP contribution is -1.98. The molecule has 0 aliphatic rings. The van der Waals surface area contributed by atoms with E-state index in [0.29, 0.717) is 5.58 Å². The van der Waals surface area contributed by atoms with E-state index in [1.54, 1.807) is 6.07 Å². The van der Waals surface area contributed by atoms with Crippen molar-refractivity contribution in [3.63, 3.8) is 0 Å². The summed E-state index contributed by atoms with van der Waals surface area (Å²) in [5.74, 6) is 0. The Balaban J connectivity index is 2.41. The molecule has 0 bridgehead atoms. The van der Waals surface area contributed by atoms with E-state index >= 15 is 0 Å². The Morgan fingerprint density at radius 2 is 1.79 bits per heavy atom. The molecule has 0 aliphatic heterocycles. The molecule has 0 atom stereocenters. The standard InChI is InChI=1S/C16H11BrO2/c1-10-4-2-3-5-12(10)14-9-16(18)19-15-8-11(17)6-7-13(14)15/h2-9H,1H3. The largest absolute Gasteiger partial charge is 0.423 e. The summed E-state index contributed by atoms with van der Waals surface area (Å²) in [7, 11) is 0. The van der Waals surface area contributed by atoms with Crippen molar-refractivity contribution in [2.24, 2.45) is 0 Å². The van der Waals surface area contributed by atoms with Crippen LogP contribution in [0.15, 0.2) is 62.2 Å². The minimum atomic E-state index is -0.330. The highest BCUT2D eigenvalue weighted by Crippen LogP contribution is 2.30. The van der Waals surface area contributed by atoms with Crippen LogP contribution in [-0.2, 0) is 0 Å². The van der Waals surface area contributed by atoms with Gasteiger partial charge in [-0.15, -0.1) is 0 Å². The van der Waals surface area contributed by atoms with Gasteiger partial charge in [0.25, 0.3) is 0 Å². The van der Waals surface area contributed by atoms with Gasteiger partial charge >= 0.3 is 5.63 Å². The average molecular weight is 315 g/mol. The lowest BCUT2D eigenvalue weighted by Gasteiger charge is -2.08. The van der Waals surface area contributed by atoms with Crippen LogP contribution in [-0.4, -0.2) is 0 Å². The number of halogens is 1. The number of hydrogen-bond acceptors (Lipinski definition) is 2. The van der Waals surface area contributed by atoms with Gasteiger partial charge in [-0.05, 0) is 36.2 Å². The van der Waals surface area contributed by atoms with Crippen molar-refractivity contribution in [3.8, 4) is 11.1 Å². The van der Waals surface area contributed by atoms with Crippen molar-refractivity contribution in [1.29, 1.82) is 0 Å². The van der Waals surface area contributed by atoms with Crippen LogP contribution in [0, 0.1) is 6.92 Å². The smallest absolute Gasteiger partial charge is 0.336 e. The predicted molar refractivity (Wildman–Crippen MR) is 80.4 cm³/mol. The summed E-state index contributed by atoms with van der Waals surface area (Å²) in [6.07, 6.45) is 0. The molecular weight excluding hydrogens is 304 g/mol. The molecule has 0 amide bonds. The number of fused-ring (bicyclic) bond motifs is 1. The Morgan fingerprint density at radius 1 is 1.00 bits per heavy atom. The van der Waals surface area contributed by atoms with Gasteiger partial charge in [0.05, 0.1) is 0 Å². The fourth-order valence-electron chi connectivity index (χ4n) is 2.23. The molecule has 2 aromatic carbocycles. The van der Waals surface area contributed by atoms with Crippen LogP contribution in [0.4, 0.5) is 0 Å². The van der Waals surface area contributed by atoms with E-state index in [1.165, 1.54) is 0 Å². The Hall–Kier alpha value is -1.87. The van der Waals surface area contributed by atoms with E-state index in [2.05, 4.69) is 15.9 Å². The molecule has 0 N–H and O–H groups in total. The normalized spacial score (nSPS) is 10.8. The molecule has 1 heterocycles. The van der Waals surface area contributed by atoms with Gasteiger partial charge in [0.15, 0.2) is 0 Å². The van der Waals surface area contributed by atoms with Crippen LogP contribution in [0.2, 0.25) is 0 Å².